The first kappa shape index (κ1) is 14.5. The lowest BCUT2D eigenvalue weighted by molar-refractivity contribution is -0.00563. The highest BCUT2D eigenvalue weighted by Crippen LogP contribution is 2.45. The number of nitrogens with zero attached hydrogens (tertiary/aromatic N) is 3. The SMILES string of the molecule is N#CB1CCC2(CC1)CC(c1cc3cc(O)ccc3nn1)CO2. The van der Waals surface area contributed by atoms with Crippen LogP contribution in [0.25, 0.3) is 10.9 Å². The quantitative estimate of drug-likeness (QED) is 0.819. The number of hydrogen-bond donors (Lipinski definition) is 1. The van der Waals surface area contributed by atoms with Gasteiger partial charge in [-0.05, 0) is 43.5 Å². The normalized spacial score (nSPS) is 23.3. The molecule has 5 nitrogen and oxygen atoms in total. The van der Waals surface area contributed by atoms with E-state index in [9.17, 15) is 5.11 Å². The summed E-state index contributed by atoms with van der Waals surface area (Å²) in [5.74, 6) is 2.86. The maximum atomic E-state index is 9.63. The predicted octanol–water partition coefficient (Wildman–Crippen LogP) is 2.93. The molecule has 1 atom stereocenters. The summed E-state index contributed by atoms with van der Waals surface area (Å²) >= 11 is 0. The molecule has 1 aromatic heterocycles. The molecule has 0 radical (unpaired) electrons. The average Bonchev–Trinajstić information content (AvgIpc) is 2.99. The van der Waals surface area contributed by atoms with E-state index in [0.29, 0.717) is 6.61 Å². The Hall–Kier alpha value is -2.13. The Balaban J connectivity index is 1.55. The van der Waals surface area contributed by atoms with Gasteiger partial charge >= 0.3 is 0 Å². The Morgan fingerprint density at radius 3 is 2.87 bits per heavy atom. The van der Waals surface area contributed by atoms with Crippen LogP contribution < -0.4 is 0 Å². The van der Waals surface area contributed by atoms with Gasteiger partial charge in [-0.2, -0.15) is 10.2 Å². The summed E-state index contributed by atoms with van der Waals surface area (Å²) in [6.07, 6.45) is 4.73. The standard InChI is InChI=1S/C17H18BN3O2/c19-11-18-5-3-17(4-6-18)9-13(10-23-17)16-8-12-7-14(22)1-2-15(12)20-21-16/h1-2,7-8,13,22H,3-6,9-10H2. The molecule has 0 aliphatic carbocycles. The third kappa shape index (κ3) is 2.66. The van der Waals surface area contributed by atoms with E-state index in [4.69, 9.17) is 10.00 Å². The molecule has 2 aliphatic heterocycles. The van der Waals surface area contributed by atoms with Gasteiger partial charge in [0.15, 0.2) is 0 Å². The molecule has 1 aromatic carbocycles. The van der Waals surface area contributed by atoms with Crippen LogP contribution in [0.1, 0.15) is 30.9 Å². The minimum Gasteiger partial charge on any atom is -0.508 e. The molecule has 0 bridgehead atoms. The van der Waals surface area contributed by atoms with Crippen molar-refractivity contribution in [3.63, 3.8) is 0 Å². The Bertz CT molecular complexity index is 781. The number of phenols is 1. The first-order valence-corrected chi connectivity index (χ1v) is 8.17. The van der Waals surface area contributed by atoms with Crippen molar-refractivity contribution in [3.8, 4) is 11.7 Å². The van der Waals surface area contributed by atoms with Gasteiger partial charge in [0.2, 0.25) is 0 Å². The number of aromatic hydroxyl groups is 1. The van der Waals surface area contributed by atoms with Crippen LogP contribution in [0, 0.1) is 11.2 Å². The van der Waals surface area contributed by atoms with Crippen LogP contribution in [0.15, 0.2) is 24.3 Å². The fourth-order valence-electron chi connectivity index (χ4n) is 3.90. The van der Waals surface area contributed by atoms with Crippen LogP contribution in [-0.4, -0.2) is 34.2 Å². The Labute approximate surface area is 135 Å². The van der Waals surface area contributed by atoms with Crippen molar-refractivity contribution in [2.45, 2.75) is 43.4 Å². The fraction of sp³-hybridized carbons (Fsp3) is 0.471. The maximum Gasteiger partial charge on any atom is 0.268 e. The molecule has 2 saturated heterocycles. The smallest absolute Gasteiger partial charge is 0.268 e. The Morgan fingerprint density at radius 2 is 2.09 bits per heavy atom. The molecule has 4 rings (SSSR count). The molecular weight excluding hydrogens is 289 g/mol. The van der Waals surface area contributed by atoms with E-state index in [2.05, 4.69) is 16.2 Å². The molecule has 0 saturated carbocycles. The molecule has 1 unspecified atom stereocenters. The first-order valence-electron chi connectivity index (χ1n) is 8.17. The van der Waals surface area contributed by atoms with E-state index in [1.165, 1.54) is 0 Å². The zero-order valence-corrected chi connectivity index (χ0v) is 12.9. The van der Waals surface area contributed by atoms with Crippen molar-refractivity contribution in [2.24, 2.45) is 0 Å². The lowest BCUT2D eigenvalue weighted by Crippen LogP contribution is -2.35. The van der Waals surface area contributed by atoms with Gasteiger partial charge in [-0.3, -0.25) is 0 Å². The van der Waals surface area contributed by atoms with Crippen LogP contribution >= 0.6 is 0 Å². The highest BCUT2D eigenvalue weighted by Gasteiger charge is 2.44. The molecule has 116 valence electrons. The second kappa shape index (κ2) is 5.50. The molecule has 2 aromatic rings. The number of aromatic nitrogens is 2. The number of nitriles is 1. The van der Waals surface area contributed by atoms with Crippen molar-refractivity contribution in [1.82, 2.24) is 10.2 Å². The average molecular weight is 307 g/mol. The van der Waals surface area contributed by atoms with Crippen molar-refractivity contribution < 1.29 is 9.84 Å². The summed E-state index contributed by atoms with van der Waals surface area (Å²) in [7, 11) is 0. The fourth-order valence-corrected chi connectivity index (χ4v) is 3.90. The Kier molecular flexibility index (Phi) is 3.46. The number of benzene rings is 1. The van der Waals surface area contributed by atoms with E-state index >= 15 is 0 Å². The number of fused-ring (bicyclic) bond motifs is 1. The molecule has 1 N–H and O–H groups in total. The molecular formula is C17H18BN3O2. The van der Waals surface area contributed by atoms with E-state index in [1.54, 1.807) is 18.2 Å². The van der Waals surface area contributed by atoms with Crippen LogP contribution in [0.2, 0.25) is 12.6 Å². The van der Waals surface area contributed by atoms with Gasteiger partial charge < -0.3 is 9.84 Å². The van der Waals surface area contributed by atoms with Crippen LogP contribution in [0.5, 0.6) is 5.75 Å². The third-order valence-corrected chi connectivity index (χ3v) is 5.29. The molecule has 6 heteroatoms. The maximum absolute atomic E-state index is 9.63. The van der Waals surface area contributed by atoms with Gasteiger partial charge in [-0.1, -0.05) is 12.6 Å². The van der Waals surface area contributed by atoms with E-state index in [0.717, 1.165) is 48.5 Å². The van der Waals surface area contributed by atoms with E-state index in [-0.39, 0.29) is 24.0 Å². The minimum atomic E-state index is -0.0759. The van der Waals surface area contributed by atoms with Gasteiger partial charge in [-0.15, -0.1) is 0 Å². The van der Waals surface area contributed by atoms with Crippen LogP contribution in [-0.2, 0) is 4.74 Å². The second-order valence-electron chi connectivity index (χ2n) is 6.81. The number of phenolic OH excluding ortho intramolecular Hbond substituents is 1. The number of rotatable bonds is 1. The van der Waals surface area contributed by atoms with E-state index < -0.39 is 0 Å². The summed E-state index contributed by atoms with van der Waals surface area (Å²) in [6.45, 7) is 0.850. The zero-order valence-electron chi connectivity index (χ0n) is 12.9. The summed E-state index contributed by atoms with van der Waals surface area (Å²) in [4.78, 5) is 0. The molecule has 2 fully saturated rings. The molecule has 1 spiro atoms. The van der Waals surface area contributed by atoms with Gasteiger partial charge in [-0.25, -0.2) is 5.26 Å². The lowest BCUT2D eigenvalue weighted by Gasteiger charge is -2.33. The van der Waals surface area contributed by atoms with Crippen LogP contribution in [0.4, 0.5) is 0 Å². The summed E-state index contributed by atoms with van der Waals surface area (Å²) in [5.41, 5.74) is 1.64. The first-order chi connectivity index (χ1) is 11.2. The minimum absolute atomic E-state index is 0.0759. The third-order valence-electron chi connectivity index (χ3n) is 5.29. The Morgan fingerprint density at radius 1 is 1.26 bits per heavy atom. The largest absolute Gasteiger partial charge is 0.508 e. The van der Waals surface area contributed by atoms with Gasteiger partial charge in [0.1, 0.15) is 5.75 Å². The molecule has 23 heavy (non-hydrogen) atoms. The molecule has 2 aliphatic rings. The second-order valence-corrected chi connectivity index (χ2v) is 6.81. The topological polar surface area (TPSA) is 79.0 Å². The summed E-state index contributed by atoms with van der Waals surface area (Å²) in [6, 6.07) is 7.13. The van der Waals surface area contributed by atoms with Crippen molar-refractivity contribution in [1.29, 1.82) is 5.26 Å². The summed E-state index contributed by atoms with van der Waals surface area (Å²) in [5, 5.41) is 28.2. The highest BCUT2D eigenvalue weighted by atomic mass is 16.5. The predicted molar refractivity (Wildman–Crippen MR) is 87.5 cm³/mol. The van der Waals surface area contributed by atoms with Crippen molar-refractivity contribution in [2.75, 3.05) is 6.61 Å². The monoisotopic (exact) mass is 307 g/mol. The van der Waals surface area contributed by atoms with Crippen molar-refractivity contribution >= 4 is 17.6 Å². The molecule has 0 amide bonds. The van der Waals surface area contributed by atoms with Gasteiger partial charge in [0.05, 0.1) is 23.4 Å². The zero-order chi connectivity index (χ0) is 15.9. The number of ether oxygens (including phenoxy) is 1. The summed E-state index contributed by atoms with van der Waals surface area (Å²) < 4.78 is 6.15. The number of hydrogen-bond acceptors (Lipinski definition) is 5. The van der Waals surface area contributed by atoms with Crippen molar-refractivity contribution in [3.05, 3.63) is 30.0 Å². The highest BCUT2D eigenvalue weighted by molar-refractivity contribution is 6.67. The van der Waals surface area contributed by atoms with Gasteiger partial charge in [0, 0.05) is 17.3 Å². The van der Waals surface area contributed by atoms with Crippen LogP contribution in [0.3, 0.4) is 0 Å². The molecule has 3 heterocycles. The van der Waals surface area contributed by atoms with E-state index in [1.807, 2.05) is 6.07 Å². The lowest BCUT2D eigenvalue weighted by atomic mass is 9.41. The van der Waals surface area contributed by atoms with Gasteiger partial charge in [0.25, 0.3) is 6.71 Å².